The Morgan fingerprint density at radius 3 is 2.68 bits per heavy atom. The van der Waals surface area contributed by atoms with Gasteiger partial charge in [0, 0.05) is 12.3 Å². The van der Waals surface area contributed by atoms with Gasteiger partial charge in [-0.1, -0.05) is 0 Å². The van der Waals surface area contributed by atoms with Crippen molar-refractivity contribution in [2.45, 2.75) is 6.18 Å². The molecule has 116 valence electrons. The largest absolute Gasteiger partial charge is 0.468 e. The first-order valence-electron chi connectivity index (χ1n) is 6.00. The van der Waals surface area contributed by atoms with Crippen LogP contribution in [0.4, 0.5) is 18.9 Å². The Hall–Kier alpha value is -2.84. The highest BCUT2D eigenvalue weighted by Crippen LogP contribution is 2.18. The molecule has 6 nitrogen and oxygen atoms in total. The zero-order valence-electron chi connectivity index (χ0n) is 11.0. The highest BCUT2D eigenvalue weighted by molar-refractivity contribution is 6.03. The molecule has 0 radical (unpaired) electrons. The number of pyridine rings is 2. The van der Waals surface area contributed by atoms with Gasteiger partial charge in [0.15, 0.2) is 6.61 Å². The topological polar surface area (TPSA) is 84.1 Å². The second kappa shape index (κ2) is 6.29. The van der Waals surface area contributed by atoms with Crippen molar-refractivity contribution in [3.05, 3.63) is 52.6 Å². The minimum Gasteiger partial charge on any atom is -0.468 e. The van der Waals surface area contributed by atoms with Crippen molar-refractivity contribution in [3.63, 3.8) is 0 Å². The van der Waals surface area contributed by atoms with Crippen LogP contribution in [0.5, 0.6) is 5.88 Å². The molecule has 0 aromatic carbocycles. The summed E-state index contributed by atoms with van der Waals surface area (Å²) in [6, 6.07) is 5.31. The van der Waals surface area contributed by atoms with Crippen molar-refractivity contribution in [2.24, 2.45) is 0 Å². The van der Waals surface area contributed by atoms with Crippen LogP contribution in [0.15, 0.2) is 41.5 Å². The average Bonchev–Trinajstić information content (AvgIpc) is 2.46. The number of carbonyl (C=O) groups excluding carboxylic acids is 1. The molecule has 0 aliphatic carbocycles. The number of aromatic amines is 1. The third-order valence-electron chi connectivity index (χ3n) is 2.44. The number of amides is 1. The van der Waals surface area contributed by atoms with E-state index in [-0.39, 0.29) is 17.1 Å². The molecule has 2 heterocycles. The summed E-state index contributed by atoms with van der Waals surface area (Å²) in [4.78, 5) is 29.2. The van der Waals surface area contributed by atoms with Crippen LogP contribution in [-0.4, -0.2) is 28.7 Å². The zero-order chi connectivity index (χ0) is 16.2. The van der Waals surface area contributed by atoms with Gasteiger partial charge >= 0.3 is 6.18 Å². The number of rotatable bonds is 4. The fourth-order valence-corrected chi connectivity index (χ4v) is 1.49. The van der Waals surface area contributed by atoms with Gasteiger partial charge in [0.25, 0.3) is 11.5 Å². The molecule has 0 fully saturated rings. The first-order valence-corrected chi connectivity index (χ1v) is 6.00. The molecule has 2 aromatic heterocycles. The molecule has 0 saturated carbocycles. The van der Waals surface area contributed by atoms with Crippen LogP contribution < -0.4 is 15.6 Å². The fraction of sp³-hybridized carbons (Fsp3) is 0.154. The summed E-state index contributed by atoms with van der Waals surface area (Å²) < 4.78 is 40.4. The minimum atomic E-state index is -4.46. The van der Waals surface area contributed by atoms with E-state index in [0.717, 1.165) is 6.20 Å². The normalized spacial score (nSPS) is 11.0. The minimum absolute atomic E-state index is 0.0973. The van der Waals surface area contributed by atoms with E-state index < -0.39 is 24.2 Å². The summed E-state index contributed by atoms with van der Waals surface area (Å²) >= 11 is 0. The Morgan fingerprint density at radius 1 is 1.32 bits per heavy atom. The van der Waals surface area contributed by atoms with Gasteiger partial charge in [0.05, 0.1) is 11.9 Å². The van der Waals surface area contributed by atoms with Crippen LogP contribution >= 0.6 is 0 Å². The van der Waals surface area contributed by atoms with Crippen LogP contribution in [-0.2, 0) is 0 Å². The fourth-order valence-electron chi connectivity index (χ4n) is 1.49. The van der Waals surface area contributed by atoms with Crippen LogP contribution in [0.2, 0.25) is 0 Å². The van der Waals surface area contributed by atoms with Gasteiger partial charge < -0.3 is 15.0 Å². The monoisotopic (exact) mass is 313 g/mol. The Kier molecular flexibility index (Phi) is 4.44. The Morgan fingerprint density at radius 2 is 2.09 bits per heavy atom. The maximum atomic E-state index is 12.0. The van der Waals surface area contributed by atoms with Crippen molar-refractivity contribution in [1.82, 2.24) is 9.97 Å². The molecule has 0 aliphatic rings. The Balaban J connectivity index is 2.01. The number of hydrogen-bond acceptors (Lipinski definition) is 4. The van der Waals surface area contributed by atoms with E-state index in [4.69, 9.17) is 0 Å². The number of H-pyrrole nitrogens is 1. The highest BCUT2D eigenvalue weighted by atomic mass is 19.4. The first-order chi connectivity index (χ1) is 10.3. The van der Waals surface area contributed by atoms with Crippen LogP contribution in [0, 0.1) is 0 Å². The molecule has 1 amide bonds. The lowest BCUT2D eigenvalue weighted by Crippen LogP contribution is -2.22. The lowest BCUT2D eigenvalue weighted by Gasteiger charge is -2.09. The van der Waals surface area contributed by atoms with E-state index in [1.54, 1.807) is 0 Å². The first kappa shape index (κ1) is 15.5. The number of halogens is 3. The van der Waals surface area contributed by atoms with E-state index in [2.05, 4.69) is 20.0 Å². The standard InChI is InChI=1S/C13H10F3N3O3/c14-13(15,16)7-22-10-4-3-8(6-18-10)19-12(21)9-2-1-5-17-11(9)20/h1-6H,7H2,(H,17,20)(H,19,21). The molecule has 0 aliphatic heterocycles. The molecule has 0 atom stereocenters. The second-order valence-corrected chi connectivity index (χ2v) is 4.16. The maximum Gasteiger partial charge on any atom is 0.422 e. The summed E-state index contributed by atoms with van der Waals surface area (Å²) in [5.74, 6) is -0.888. The van der Waals surface area contributed by atoms with Crippen molar-refractivity contribution >= 4 is 11.6 Å². The molecular formula is C13H10F3N3O3. The molecule has 2 aromatic rings. The average molecular weight is 313 g/mol. The molecule has 22 heavy (non-hydrogen) atoms. The van der Waals surface area contributed by atoms with E-state index in [1.165, 1.54) is 30.5 Å². The summed E-state index contributed by atoms with van der Waals surface area (Å²) in [7, 11) is 0. The molecule has 2 N–H and O–H groups in total. The third-order valence-corrected chi connectivity index (χ3v) is 2.44. The lowest BCUT2D eigenvalue weighted by molar-refractivity contribution is -0.154. The highest BCUT2D eigenvalue weighted by Gasteiger charge is 2.28. The number of carbonyl (C=O) groups is 1. The predicted molar refractivity (Wildman–Crippen MR) is 70.8 cm³/mol. The van der Waals surface area contributed by atoms with Gasteiger partial charge in [-0.3, -0.25) is 9.59 Å². The number of hydrogen-bond donors (Lipinski definition) is 2. The lowest BCUT2D eigenvalue weighted by atomic mass is 10.2. The zero-order valence-corrected chi connectivity index (χ0v) is 11.0. The van der Waals surface area contributed by atoms with Crippen LogP contribution in [0.25, 0.3) is 0 Å². The number of nitrogens with zero attached hydrogens (tertiary/aromatic N) is 1. The second-order valence-electron chi connectivity index (χ2n) is 4.16. The summed E-state index contributed by atoms with van der Waals surface area (Å²) in [5, 5.41) is 2.40. The molecular weight excluding hydrogens is 303 g/mol. The predicted octanol–water partition coefficient (Wildman–Crippen LogP) is 1.96. The summed E-state index contributed by atoms with van der Waals surface area (Å²) in [5.41, 5.74) is -0.439. The van der Waals surface area contributed by atoms with Gasteiger partial charge in [-0.25, -0.2) is 4.98 Å². The van der Waals surface area contributed by atoms with Crippen molar-refractivity contribution in [3.8, 4) is 5.88 Å². The van der Waals surface area contributed by atoms with Gasteiger partial charge in [-0.15, -0.1) is 0 Å². The molecule has 2 rings (SSSR count). The van der Waals surface area contributed by atoms with Gasteiger partial charge in [-0.05, 0) is 18.2 Å². The number of alkyl halides is 3. The number of aromatic nitrogens is 2. The summed E-state index contributed by atoms with van der Waals surface area (Å²) in [6.07, 6.45) is -1.95. The van der Waals surface area contributed by atoms with Crippen LogP contribution in [0.1, 0.15) is 10.4 Å². The Bertz CT molecular complexity index is 711. The third kappa shape index (κ3) is 4.33. The smallest absolute Gasteiger partial charge is 0.422 e. The van der Waals surface area contributed by atoms with E-state index >= 15 is 0 Å². The van der Waals surface area contributed by atoms with Crippen molar-refractivity contribution in [2.75, 3.05) is 11.9 Å². The van der Waals surface area contributed by atoms with Gasteiger partial charge in [0.1, 0.15) is 5.56 Å². The quantitative estimate of drug-likeness (QED) is 0.904. The SMILES string of the molecule is O=C(Nc1ccc(OCC(F)(F)F)nc1)c1ccc[nH]c1=O. The van der Waals surface area contributed by atoms with Crippen molar-refractivity contribution < 1.29 is 22.7 Å². The number of anilines is 1. The Labute approximate surface area is 122 Å². The van der Waals surface area contributed by atoms with Gasteiger partial charge in [-0.2, -0.15) is 13.2 Å². The summed E-state index contributed by atoms with van der Waals surface area (Å²) in [6.45, 7) is -1.45. The number of ether oxygens (including phenoxy) is 1. The van der Waals surface area contributed by atoms with E-state index in [9.17, 15) is 22.8 Å². The van der Waals surface area contributed by atoms with E-state index in [1.807, 2.05) is 0 Å². The molecule has 9 heteroatoms. The number of nitrogens with one attached hydrogen (secondary N) is 2. The van der Waals surface area contributed by atoms with Crippen LogP contribution in [0.3, 0.4) is 0 Å². The maximum absolute atomic E-state index is 12.0. The molecule has 0 spiro atoms. The van der Waals surface area contributed by atoms with Gasteiger partial charge in [0.2, 0.25) is 5.88 Å². The molecule has 0 unspecified atom stereocenters. The van der Waals surface area contributed by atoms with E-state index in [0.29, 0.717) is 0 Å². The van der Waals surface area contributed by atoms with Crippen molar-refractivity contribution in [1.29, 1.82) is 0 Å². The molecule has 0 saturated heterocycles. The molecule has 0 bridgehead atoms.